The molecule has 0 aliphatic carbocycles. The van der Waals surface area contributed by atoms with Crippen molar-refractivity contribution in [2.24, 2.45) is 0 Å². The van der Waals surface area contributed by atoms with E-state index >= 15 is 0 Å². The Balaban J connectivity index is 2.19. The lowest BCUT2D eigenvalue weighted by molar-refractivity contribution is 0.103. The number of hydrogen-bond acceptors (Lipinski definition) is 2. The molecule has 2 nitrogen and oxygen atoms in total. The average molecular weight is 245 g/mol. The van der Waals surface area contributed by atoms with Gasteiger partial charge in [0.25, 0.3) is 5.91 Å². The highest BCUT2D eigenvalue weighted by Crippen LogP contribution is 2.19. The molecular weight excluding hydrogens is 230 g/mol. The smallest absolute Gasteiger partial charge is 0.265 e. The highest BCUT2D eigenvalue weighted by atomic mass is 32.1. The number of thiophene rings is 1. The second-order valence-electron chi connectivity index (χ2n) is 4.19. The van der Waals surface area contributed by atoms with Crippen molar-refractivity contribution in [2.45, 2.75) is 20.8 Å². The molecule has 0 radical (unpaired) electrons. The average Bonchev–Trinajstić information content (AvgIpc) is 2.70. The van der Waals surface area contributed by atoms with Crippen molar-refractivity contribution in [1.29, 1.82) is 0 Å². The summed E-state index contributed by atoms with van der Waals surface area (Å²) in [7, 11) is 0. The summed E-state index contributed by atoms with van der Waals surface area (Å²) in [6, 6.07) is 7.91. The first kappa shape index (κ1) is 11.9. The Kier molecular flexibility index (Phi) is 3.29. The van der Waals surface area contributed by atoms with Crippen molar-refractivity contribution in [3.05, 3.63) is 51.2 Å². The number of benzene rings is 1. The fraction of sp³-hybridized carbons (Fsp3) is 0.214. The molecule has 0 aliphatic rings. The molecule has 88 valence electrons. The van der Waals surface area contributed by atoms with Crippen LogP contribution in [0.2, 0.25) is 0 Å². The van der Waals surface area contributed by atoms with Gasteiger partial charge in [-0.25, -0.2) is 0 Å². The summed E-state index contributed by atoms with van der Waals surface area (Å²) >= 11 is 1.47. The van der Waals surface area contributed by atoms with Gasteiger partial charge in [-0.2, -0.15) is 0 Å². The van der Waals surface area contributed by atoms with Gasteiger partial charge in [-0.15, -0.1) is 11.3 Å². The second-order valence-corrected chi connectivity index (χ2v) is 5.10. The Morgan fingerprint density at radius 1 is 1.06 bits per heavy atom. The van der Waals surface area contributed by atoms with Gasteiger partial charge in [0.1, 0.15) is 0 Å². The van der Waals surface area contributed by atoms with Crippen LogP contribution in [0.25, 0.3) is 0 Å². The Labute approximate surface area is 105 Å². The van der Waals surface area contributed by atoms with Crippen molar-refractivity contribution in [3.63, 3.8) is 0 Å². The third-order valence-electron chi connectivity index (χ3n) is 2.83. The zero-order valence-electron chi connectivity index (χ0n) is 10.2. The van der Waals surface area contributed by atoms with Crippen LogP contribution in [0.3, 0.4) is 0 Å². The lowest BCUT2D eigenvalue weighted by atomic mass is 10.1. The van der Waals surface area contributed by atoms with Gasteiger partial charge in [0.15, 0.2) is 0 Å². The maximum Gasteiger partial charge on any atom is 0.265 e. The molecule has 0 atom stereocenters. The predicted octanol–water partition coefficient (Wildman–Crippen LogP) is 3.93. The van der Waals surface area contributed by atoms with Crippen LogP contribution >= 0.6 is 11.3 Å². The summed E-state index contributed by atoms with van der Waals surface area (Å²) in [6.45, 7) is 6.05. The van der Waals surface area contributed by atoms with Gasteiger partial charge in [-0.3, -0.25) is 4.79 Å². The van der Waals surface area contributed by atoms with Crippen LogP contribution in [0.1, 0.15) is 26.4 Å². The van der Waals surface area contributed by atoms with E-state index in [4.69, 9.17) is 0 Å². The molecule has 1 heterocycles. The number of rotatable bonds is 2. The summed E-state index contributed by atoms with van der Waals surface area (Å²) in [5.74, 6) is -0.0271. The van der Waals surface area contributed by atoms with E-state index in [1.807, 2.05) is 43.5 Å². The summed E-state index contributed by atoms with van der Waals surface area (Å²) < 4.78 is 0. The predicted molar refractivity (Wildman–Crippen MR) is 72.9 cm³/mol. The molecule has 17 heavy (non-hydrogen) atoms. The zero-order chi connectivity index (χ0) is 12.4. The van der Waals surface area contributed by atoms with E-state index in [9.17, 15) is 4.79 Å². The second kappa shape index (κ2) is 4.72. The van der Waals surface area contributed by atoms with Crippen LogP contribution in [0.15, 0.2) is 29.6 Å². The van der Waals surface area contributed by atoms with Gasteiger partial charge in [-0.05, 0) is 61.0 Å². The van der Waals surface area contributed by atoms with E-state index < -0.39 is 0 Å². The number of carbonyl (C=O) groups is 1. The molecule has 0 aliphatic heterocycles. The lowest BCUT2D eigenvalue weighted by Crippen LogP contribution is -2.11. The number of hydrogen-bond donors (Lipinski definition) is 1. The van der Waals surface area contributed by atoms with Crippen LogP contribution < -0.4 is 5.32 Å². The Morgan fingerprint density at radius 3 is 2.41 bits per heavy atom. The van der Waals surface area contributed by atoms with Crippen molar-refractivity contribution >= 4 is 22.9 Å². The minimum Gasteiger partial charge on any atom is -0.321 e. The fourth-order valence-electron chi connectivity index (χ4n) is 1.61. The highest BCUT2D eigenvalue weighted by Gasteiger charge is 2.10. The van der Waals surface area contributed by atoms with Gasteiger partial charge in [-0.1, -0.05) is 6.07 Å². The Hall–Kier alpha value is -1.61. The quantitative estimate of drug-likeness (QED) is 0.853. The first-order valence-electron chi connectivity index (χ1n) is 5.50. The first-order chi connectivity index (χ1) is 8.08. The first-order valence-corrected chi connectivity index (χ1v) is 6.38. The van der Waals surface area contributed by atoms with Crippen molar-refractivity contribution in [3.8, 4) is 0 Å². The molecule has 0 fully saturated rings. The van der Waals surface area contributed by atoms with Gasteiger partial charge < -0.3 is 5.32 Å². The molecule has 0 spiro atoms. The maximum atomic E-state index is 12.0. The maximum absolute atomic E-state index is 12.0. The summed E-state index contributed by atoms with van der Waals surface area (Å²) in [5, 5.41) is 4.86. The fourth-order valence-corrected chi connectivity index (χ4v) is 2.43. The normalized spacial score (nSPS) is 10.3. The molecule has 1 amide bonds. The van der Waals surface area contributed by atoms with Gasteiger partial charge in [0, 0.05) is 5.69 Å². The summed E-state index contributed by atoms with van der Waals surface area (Å²) in [5.41, 5.74) is 4.29. The highest BCUT2D eigenvalue weighted by molar-refractivity contribution is 7.12. The molecule has 1 aromatic carbocycles. The number of carbonyl (C=O) groups excluding carboxylic acids is 1. The van der Waals surface area contributed by atoms with E-state index in [-0.39, 0.29) is 5.91 Å². The number of nitrogens with one attached hydrogen (secondary N) is 1. The van der Waals surface area contributed by atoms with Crippen LogP contribution in [-0.4, -0.2) is 5.91 Å². The number of amides is 1. The summed E-state index contributed by atoms with van der Waals surface area (Å²) in [6.07, 6.45) is 0. The Bertz CT molecular complexity index is 557. The van der Waals surface area contributed by atoms with E-state index in [0.717, 1.165) is 16.1 Å². The topological polar surface area (TPSA) is 29.1 Å². The van der Waals surface area contributed by atoms with E-state index in [2.05, 4.69) is 12.2 Å². The van der Waals surface area contributed by atoms with Crippen LogP contribution in [0, 0.1) is 20.8 Å². The van der Waals surface area contributed by atoms with Crippen molar-refractivity contribution in [2.75, 3.05) is 5.32 Å². The third kappa shape index (κ3) is 2.56. The largest absolute Gasteiger partial charge is 0.321 e. The monoisotopic (exact) mass is 245 g/mol. The molecule has 0 saturated carbocycles. The van der Waals surface area contributed by atoms with Crippen molar-refractivity contribution in [1.82, 2.24) is 0 Å². The molecule has 1 aromatic heterocycles. The van der Waals surface area contributed by atoms with Crippen LogP contribution in [0.4, 0.5) is 5.69 Å². The lowest BCUT2D eigenvalue weighted by Gasteiger charge is -2.07. The van der Waals surface area contributed by atoms with Crippen LogP contribution in [-0.2, 0) is 0 Å². The van der Waals surface area contributed by atoms with Gasteiger partial charge in [0.2, 0.25) is 0 Å². The SMILES string of the molecule is Cc1ccc(NC(=O)c2sccc2C)cc1C. The zero-order valence-corrected chi connectivity index (χ0v) is 11.0. The van der Waals surface area contributed by atoms with E-state index in [0.29, 0.717) is 0 Å². The number of anilines is 1. The number of aryl methyl sites for hydroxylation is 3. The molecule has 3 heteroatoms. The van der Waals surface area contributed by atoms with Crippen LogP contribution in [0.5, 0.6) is 0 Å². The molecule has 0 saturated heterocycles. The van der Waals surface area contributed by atoms with Crippen molar-refractivity contribution < 1.29 is 4.79 Å². The molecule has 1 N–H and O–H groups in total. The Morgan fingerprint density at radius 2 is 1.82 bits per heavy atom. The molecule has 2 aromatic rings. The third-order valence-corrected chi connectivity index (χ3v) is 3.85. The molecular formula is C14H15NOS. The minimum atomic E-state index is -0.0271. The standard InChI is InChI=1S/C14H15NOS/c1-9-4-5-12(8-11(9)3)15-14(16)13-10(2)6-7-17-13/h4-8H,1-3H3,(H,15,16). The summed E-state index contributed by atoms with van der Waals surface area (Å²) in [4.78, 5) is 12.8. The van der Waals surface area contributed by atoms with Gasteiger partial charge >= 0.3 is 0 Å². The molecule has 0 unspecified atom stereocenters. The minimum absolute atomic E-state index is 0.0271. The van der Waals surface area contributed by atoms with E-state index in [1.165, 1.54) is 22.5 Å². The molecule has 2 rings (SSSR count). The molecule has 0 bridgehead atoms. The van der Waals surface area contributed by atoms with E-state index in [1.54, 1.807) is 0 Å². The van der Waals surface area contributed by atoms with Gasteiger partial charge in [0.05, 0.1) is 4.88 Å².